The van der Waals surface area contributed by atoms with Gasteiger partial charge in [-0.2, -0.15) is 5.10 Å². The number of aromatic nitrogens is 4. The van der Waals surface area contributed by atoms with Gasteiger partial charge in [0.05, 0.1) is 6.54 Å². The van der Waals surface area contributed by atoms with E-state index in [1.807, 2.05) is 45.0 Å². The summed E-state index contributed by atoms with van der Waals surface area (Å²) in [4.78, 5) is 16.8. The zero-order valence-corrected chi connectivity index (χ0v) is 12.4. The van der Waals surface area contributed by atoms with E-state index in [4.69, 9.17) is 0 Å². The standard InChI is InChI=1S/C16H18N4O/c1-11(2)20-9-14-15(18-20)17-10-19(16(14)21)8-13-6-4-12(3)5-7-13/h4-7,9-11H,8H2,1-3H3. The van der Waals surface area contributed by atoms with Gasteiger partial charge < -0.3 is 0 Å². The maximum Gasteiger partial charge on any atom is 0.264 e. The lowest BCUT2D eigenvalue weighted by atomic mass is 10.1. The minimum Gasteiger partial charge on any atom is -0.294 e. The molecule has 0 amide bonds. The Morgan fingerprint density at radius 1 is 1.19 bits per heavy atom. The van der Waals surface area contributed by atoms with Crippen LogP contribution in [0.2, 0.25) is 0 Å². The van der Waals surface area contributed by atoms with Crippen molar-refractivity contribution in [2.75, 3.05) is 0 Å². The molecule has 3 aromatic rings. The lowest BCUT2D eigenvalue weighted by Crippen LogP contribution is -2.20. The van der Waals surface area contributed by atoms with E-state index in [2.05, 4.69) is 10.1 Å². The topological polar surface area (TPSA) is 52.7 Å². The monoisotopic (exact) mass is 282 g/mol. The van der Waals surface area contributed by atoms with Crippen LogP contribution in [0.4, 0.5) is 0 Å². The molecular formula is C16H18N4O. The molecule has 1 aromatic carbocycles. The minimum atomic E-state index is -0.0486. The van der Waals surface area contributed by atoms with E-state index in [-0.39, 0.29) is 11.6 Å². The van der Waals surface area contributed by atoms with Gasteiger partial charge in [0.25, 0.3) is 5.56 Å². The fourth-order valence-corrected chi connectivity index (χ4v) is 2.23. The van der Waals surface area contributed by atoms with Gasteiger partial charge in [0.15, 0.2) is 5.65 Å². The third-order valence-electron chi connectivity index (χ3n) is 3.53. The zero-order valence-electron chi connectivity index (χ0n) is 12.4. The Morgan fingerprint density at radius 3 is 2.57 bits per heavy atom. The van der Waals surface area contributed by atoms with Crippen LogP contribution >= 0.6 is 0 Å². The number of benzene rings is 1. The van der Waals surface area contributed by atoms with Gasteiger partial charge in [-0.1, -0.05) is 29.8 Å². The van der Waals surface area contributed by atoms with E-state index in [1.165, 1.54) is 5.56 Å². The van der Waals surface area contributed by atoms with Crippen molar-refractivity contribution in [3.63, 3.8) is 0 Å². The summed E-state index contributed by atoms with van der Waals surface area (Å²) in [5, 5.41) is 4.89. The number of hydrogen-bond donors (Lipinski definition) is 0. The molecule has 2 aromatic heterocycles. The molecule has 0 saturated heterocycles. The molecule has 0 aliphatic rings. The first-order valence-electron chi connectivity index (χ1n) is 7.04. The van der Waals surface area contributed by atoms with Gasteiger partial charge in [-0.05, 0) is 26.3 Å². The molecule has 0 fully saturated rings. The van der Waals surface area contributed by atoms with Gasteiger partial charge in [0, 0.05) is 12.2 Å². The van der Waals surface area contributed by atoms with Crippen molar-refractivity contribution in [3.05, 3.63) is 58.3 Å². The summed E-state index contributed by atoms with van der Waals surface area (Å²) in [6, 6.07) is 8.36. The highest BCUT2D eigenvalue weighted by Gasteiger charge is 2.10. The minimum absolute atomic E-state index is 0.0486. The Bertz CT molecular complexity index is 828. The summed E-state index contributed by atoms with van der Waals surface area (Å²) < 4.78 is 3.40. The molecule has 0 saturated carbocycles. The highest BCUT2D eigenvalue weighted by atomic mass is 16.1. The smallest absolute Gasteiger partial charge is 0.264 e. The van der Waals surface area contributed by atoms with Crippen molar-refractivity contribution in [3.8, 4) is 0 Å². The first-order chi connectivity index (χ1) is 10.0. The van der Waals surface area contributed by atoms with Crippen molar-refractivity contribution in [2.24, 2.45) is 0 Å². The molecule has 108 valence electrons. The molecule has 0 spiro atoms. The van der Waals surface area contributed by atoms with Crippen molar-refractivity contribution >= 4 is 11.0 Å². The van der Waals surface area contributed by atoms with Crippen LogP contribution in [0.15, 0.2) is 41.6 Å². The SMILES string of the molecule is Cc1ccc(Cn2cnc3nn(C(C)C)cc3c2=O)cc1. The van der Waals surface area contributed by atoms with E-state index in [0.29, 0.717) is 17.6 Å². The summed E-state index contributed by atoms with van der Waals surface area (Å²) in [5.41, 5.74) is 2.75. The largest absolute Gasteiger partial charge is 0.294 e. The van der Waals surface area contributed by atoms with Gasteiger partial charge in [-0.15, -0.1) is 0 Å². The van der Waals surface area contributed by atoms with Gasteiger partial charge in [-0.3, -0.25) is 14.0 Å². The van der Waals surface area contributed by atoms with Crippen LogP contribution in [0.25, 0.3) is 11.0 Å². The average molecular weight is 282 g/mol. The molecule has 3 rings (SSSR count). The molecule has 0 aliphatic carbocycles. The quantitative estimate of drug-likeness (QED) is 0.741. The third-order valence-corrected chi connectivity index (χ3v) is 3.53. The van der Waals surface area contributed by atoms with E-state index < -0.39 is 0 Å². The second-order valence-corrected chi connectivity index (χ2v) is 5.60. The average Bonchev–Trinajstić information content (AvgIpc) is 2.89. The summed E-state index contributed by atoms with van der Waals surface area (Å²) in [6.07, 6.45) is 3.35. The highest BCUT2D eigenvalue weighted by Crippen LogP contribution is 2.10. The van der Waals surface area contributed by atoms with E-state index in [0.717, 1.165) is 5.56 Å². The molecule has 0 N–H and O–H groups in total. The number of hydrogen-bond acceptors (Lipinski definition) is 3. The van der Waals surface area contributed by atoms with Crippen molar-refractivity contribution in [1.82, 2.24) is 19.3 Å². The maximum absolute atomic E-state index is 12.5. The fraction of sp³-hybridized carbons (Fsp3) is 0.312. The van der Waals surface area contributed by atoms with Crippen LogP contribution < -0.4 is 5.56 Å². The summed E-state index contributed by atoms with van der Waals surface area (Å²) >= 11 is 0. The maximum atomic E-state index is 12.5. The molecular weight excluding hydrogens is 264 g/mol. The molecule has 0 radical (unpaired) electrons. The fourth-order valence-electron chi connectivity index (χ4n) is 2.23. The van der Waals surface area contributed by atoms with E-state index in [1.54, 1.807) is 21.8 Å². The Balaban J connectivity index is 2.01. The van der Waals surface area contributed by atoms with Gasteiger partial charge >= 0.3 is 0 Å². The van der Waals surface area contributed by atoms with Crippen molar-refractivity contribution < 1.29 is 0 Å². The zero-order chi connectivity index (χ0) is 15.0. The Labute approximate surface area is 122 Å². The number of rotatable bonds is 3. The molecule has 5 nitrogen and oxygen atoms in total. The van der Waals surface area contributed by atoms with Crippen LogP contribution in [-0.4, -0.2) is 19.3 Å². The Kier molecular flexibility index (Phi) is 3.33. The highest BCUT2D eigenvalue weighted by molar-refractivity contribution is 5.72. The van der Waals surface area contributed by atoms with Crippen LogP contribution in [0.3, 0.4) is 0 Å². The lowest BCUT2D eigenvalue weighted by Gasteiger charge is -2.05. The van der Waals surface area contributed by atoms with Crippen molar-refractivity contribution in [2.45, 2.75) is 33.4 Å². The molecule has 2 heterocycles. The predicted molar refractivity (Wildman–Crippen MR) is 82.5 cm³/mol. The summed E-state index contributed by atoms with van der Waals surface area (Å²) in [6.45, 7) is 6.62. The third kappa shape index (κ3) is 2.59. The molecule has 21 heavy (non-hydrogen) atoms. The van der Waals surface area contributed by atoms with Crippen molar-refractivity contribution in [1.29, 1.82) is 0 Å². The van der Waals surface area contributed by atoms with Crippen LogP contribution in [-0.2, 0) is 6.54 Å². The van der Waals surface area contributed by atoms with Crippen LogP contribution in [0, 0.1) is 6.92 Å². The van der Waals surface area contributed by atoms with Crippen LogP contribution in [0.5, 0.6) is 0 Å². The van der Waals surface area contributed by atoms with Gasteiger partial charge in [0.2, 0.25) is 0 Å². The first kappa shape index (κ1) is 13.5. The normalized spacial score (nSPS) is 11.4. The molecule has 0 bridgehead atoms. The molecule has 0 unspecified atom stereocenters. The summed E-state index contributed by atoms with van der Waals surface area (Å²) in [7, 11) is 0. The molecule has 0 atom stereocenters. The van der Waals surface area contributed by atoms with Gasteiger partial charge in [0.1, 0.15) is 11.7 Å². The molecule has 0 aliphatic heterocycles. The first-order valence-corrected chi connectivity index (χ1v) is 7.04. The predicted octanol–water partition coefficient (Wildman–Crippen LogP) is 2.53. The second kappa shape index (κ2) is 5.16. The summed E-state index contributed by atoms with van der Waals surface area (Å²) in [5.74, 6) is 0. The van der Waals surface area contributed by atoms with E-state index in [9.17, 15) is 4.79 Å². The van der Waals surface area contributed by atoms with Gasteiger partial charge in [-0.25, -0.2) is 4.98 Å². The number of fused-ring (bicyclic) bond motifs is 1. The number of nitrogens with zero attached hydrogens (tertiary/aromatic N) is 4. The van der Waals surface area contributed by atoms with Crippen LogP contribution in [0.1, 0.15) is 31.0 Å². The van der Waals surface area contributed by atoms with E-state index >= 15 is 0 Å². The molecule has 5 heteroatoms. The Morgan fingerprint density at radius 2 is 1.90 bits per heavy atom. The Hall–Kier alpha value is -2.43. The second-order valence-electron chi connectivity index (χ2n) is 5.60. The number of aryl methyl sites for hydroxylation is 1. The lowest BCUT2D eigenvalue weighted by molar-refractivity contribution is 0.536.